The van der Waals surface area contributed by atoms with E-state index in [2.05, 4.69) is 28.1 Å². The number of hydrogen-bond acceptors (Lipinski definition) is 2. The Kier molecular flexibility index (Phi) is 2.67. The van der Waals surface area contributed by atoms with Crippen molar-refractivity contribution in [1.29, 1.82) is 0 Å². The molecule has 0 fully saturated rings. The van der Waals surface area contributed by atoms with Gasteiger partial charge in [0.25, 0.3) is 0 Å². The van der Waals surface area contributed by atoms with Gasteiger partial charge in [0.05, 0.1) is 13.2 Å². The van der Waals surface area contributed by atoms with Crippen molar-refractivity contribution in [1.82, 2.24) is 0 Å². The quantitative estimate of drug-likeness (QED) is 0.817. The molecule has 70 valence electrons. The van der Waals surface area contributed by atoms with E-state index in [1.165, 1.54) is 11.1 Å². The fourth-order valence-electron chi connectivity index (χ4n) is 1.70. The van der Waals surface area contributed by atoms with E-state index in [1.807, 2.05) is 6.07 Å². The molecule has 1 aliphatic rings. The molecule has 3 heteroatoms. The molecule has 0 aliphatic carbocycles. The normalized spacial score (nSPS) is 21.2. The van der Waals surface area contributed by atoms with Crippen molar-refractivity contribution in [3.05, 3.63) is 33.8 Å². The summed E-state index contributed by atoms with van der Waals surface area (Å²) >= 11 is 3.52. The number of nitrogens with two attached hydrogens (primary N) is 1. The van der Waals surface area contributed by atoms with Gasteiger partial charge < -0.3 is 10.5 Å². The van der Waals surface area contributed by atoms with E-state index < -0.39 is 0 Å². The maximum atomic E-state index is 5.67. The molecule has 0 saturated carbocycles. The molecule has 0 radical (unpaired) electrons. The maximum Gasteiger partial charge on any atom is 0.0730 e. The zero-order valence-corrected chi connectivity index (χ0v) is 8.88. The molecular formula is C10H12BrNO. The lowest BCUT2D eigenvalue weighted by Crippen LogP contribution is -2.23. The summed E-state index contributed by atoms with van der Waals surface area (Å²) < 4.78 is 6.60. The summed E-state index contributed by atoms with van der Waals surface area (Å²) in [6, 6.07) is 6.23. The van der Waals surface area contributed by atoms with Crippen LogP contribution >= 0.6 is 15.9 Å². The van der Waals surface area contributed by atoms with Gasteiger partial charge in [-0.2, -0.15) is 0 Å². The lowest BCUT2D eigenvalue weighted by Gasteiger charge is -2.25. The highest BCUT2D eigenvalue weighted by Gasteiger charge is 2.20. The third-order valence-electron chi connectivity index (χ3n) is 2.44. The molecule has 2 N–H and O–H groups in total. The smallest absolute Gasteiger partial charge is 0.0730 e. The highest BCUT2D eigenvalue weighted by atomic mass is 79.9. The summed E-state index contributed by atoms with van der Waals surface area (Å²) in [7, 11) is 0. The fourth-order valence-corrected chi connectivity index (χ4v) is 2.19. The second kappa shape index (κ2) is 3.78. The minimum absolute atomic E-state index is 0.362. The number of ether oxygens (including phenoxy) is 1. The molecule has 1 unspecified atom stereocenters. The van der Waals surface area contributed by atoms with Crippen LogP contribution in [0.15, 0.2) is 22.7 Å². The number of halogens is 1. The van der Waals surface area contributed by atoms with Crippen LogP contribution in [0.1, 0.15) is 17.0 Å². The first kappa shape index (κ1) is 9.19. The molecule has 1 heterocycles. The molecule has 0 spiro atoms. The lowest BCUT2D eigenvalue weighted by molar-refractivity contribution is 0.0923. The average Bonchev–Trinajstić information content (AvgIpc) is 2.18. The lowest BCUT2D eigenvalue weighted by atomic mass is 9.93. The summed E-state index contributed by atoms with van der Waals surface area (Å²) in [5.74, 6) is 0.362. The molecular weight excluding hydrogens is 230 g/mol. The van der Waals surface area contributed by atoms with E-state index in [9.17, 15) is 0 Å². The number of hydrogen-bond donors (Lipinski definition) is 1. The Labute approximate surface area is 86.2 Å². The zero-order valence-electron chi connectivity index (χ0n) is 7.29. The van der Waals surface area contributed by atoms with Gasteiger partial charge in [0, 0.05) is 16.9 Å². The molecule has 0 aromatic heterocycles. The highest BCUT2D eigenvalue weighted by Crippen LogP contribution is 2.30. The number of benzene rings is 1. The first-order chi connectivity index (χ1) is 6.33. The highest BCUT2D eigenvalue weighted by molar-refractivity contribution is 9.10. The fraction of sp³-hybridized carbons (Fsp3) is 0.400. The van der Waals surface area contributed by atoms with Gasteiger partial charge >= 0.3 is 0 Å². The molecule has 2 rings (SSSR count). The van der Waals surface area contributed by atoms with Crippen LogP contribution in [-0.2, 0) is 11.3 Å². The minimum atomic E-state index is 0.362. The molecule has 1 aliphatic heterocycles. The molecule has 13 heavy (non-hydrogen) atoms. The minimum Gasteiger partial charge on any atom is -0.376 e. The molecule has 1 atom stereocenters. The summed E-state index contributed by atoms with van der Waals surface area (Å²) in [5.41, 5.74) is 8.26. The Morgan fingerprint density at radius 1 is 1.54 bits per heavy atom. The molecule has 0 amide bonds. The second-order valence-electron chi connectivity index (χ2n) is 3.26. The first-order valence-corrected chi connectivity index (χ1v) is 5.17. The Bertz CT molecular complexity index is 314. The number of fused-ring (bicyclic) bond motifs is 1. The van der Waals surface area contributed by atoms with Crippen LogP contribution in [0, 0.1) is 0 Å². The van der Waals surface area contributed by atoms with Crippen LogP contribution < -0.4 is 5.73 Å². The topological polar surface area (TPSA) is 35.2 Å². The molecule has 1 aromatic carbocycles. The Morgan fingerprint density at radius 3 is 3.15 bits per heavy atom. The third-order valence-corrected chi connectivity index (χ3v) is 3.19. The van der Waals surface area contributed by atoms with Crippen molar-refractivity contribution in [3.63, 3.8) is 0 Å². The van der Waals surface area contributed by atoms with E-state index in [0.717, 1.165) is 11.1 Å². The van der Waals surface area contributed by atoms with Gasteiger partial charge in [0.1, 0.15) is 0 Å². The van der Waals surface area contributed by atoms with Crippen LogP contribution in [-0.4, -0.2) is 13.2 Å². The second-order valence-corrected chi connectivity index (χ2v) is 4.11. The van der Waals surface area contributed by atoms with Gasteiger partial charge in [-0.05, 0) is 17.2 Å². The zero-order chi connectivity index (χ0) is 9.26. The van der Waals surface area contributed by atoms with Gasteiger partial charge in [0.15, 0.2) is 0 Å². The van der Waals surface area contributed by atoms with Crippen molar-refractivity contribution in [3.8, 4) is 0 Å². The maximum absolute atomic E-state index is 5.67. The Morgan fingerprint density at radius 2 is 2.38 bits per heavy atom. The monoisotopic (exact) mass is 241 g/mol. The first-order valence-electron chi connectivity index (χ1n) is 4.38. The van der Waals surface area contributed by atoms with Crippen LogP contribution in [0.25, 0.3) is 0 Å². The van der Waals surface area contributed by atoms with Crippen LogP contribution in [0.3, 0.4) is 0 Å². The predicted molar refractivity (Wildman–Crippen MR) is 55.6 cm³/mol. The molecule has 2 nitrogen and oxygen atoms in total. The van der Waals surface area contributed by atoms with Crippen LogP contribution in [0.4, 0.5) is 0 Å². The van der Waals surface area contributed by atoms with Gasteiger partial charge in [-0.3, -0.25) is 0 Å². The van der Waals surface area contributed by atoms with Crippen molar-refractivity contribution in [2.24, 2.45) is 5.73 Å². The summed E-state index contributed by atoms with van der Waals surface area (Å²) in [6.45, 7) is 2.11. The average molecular weight is 242 g/mol. The van der Waals surface area contributed by atoms with Crippen LogP contribution in [0.2, 0.25) is 0 Å². The van der Waals surface area contributed by atoms with E-state index in [0.29, 0.717) is 19.1 Å². The predicted octanol–water partition coefficient (Wildman–Crippen LogP) is 2.02. The summed E-state index contributed by atoms with van der Waals surface area (Å²) in [6.07, 6.45) is 0. The van der Waals surface area contributed by atoms with Crippen molar-refractivity contribution < 1.29 is 4.74 Å². The van der Waals surface area contributed by atoms with Gasteiger partial charge in [-0.25, -0.2) is 0 Å². The molecule has 0 bridgehead atoms. The van der Waals surface area contributed by atoms with E-state index in [-0.39, 0.29) is 0 Å². The van der Waals surface area contributed by atoms with Gasteiger partial charge in [0.2, 0.25) is 0 Å². The SMILES string of the molecule is NCC1COCc2c(Br)cccc21. The molecule has 1 aromatic rings. The van der Waals surface area contributed by atoms with Gasteiger partial charge in [-0.1, -0.05) is 28.1 Å². The summed E-state index contributed by atoms with van der Waals surface area (Å²) in [4.78, 5) is 0. The third kappa shape index (κ3) is 1.64. The van der Waals surface area contributed by atoms with Crippen molar-refractivity contribution >= 4 is 15.9 Å². The standard InChI is InChI=1S/C10H12BrNO/c11-10-3-1-2-8-7(4-12)5-13-6-9(8)10/h1-3,7H,4-6,12H2. The van der Waals surface area contributed by atoms with E-state index >= 15 is 0 Å². The largest absolute Gasteiger partial charge is 0.376 e. The Hall–Kier alpha value is -0.380. The van der Waals surface area contributed by atoms with Crippen LogP contribution in [0.5, 0.6) is 0 Å². The molecule has 0 saturated heterocycles. The summed E-state index contributed by atoms with van der Waals surface area (Å²) in [5, 5.41) is 0. The van der Waals surface area contributed by atoms with E-state index in [1.54, 1.807) is 0 Å². The van der Waals surface area contributed by atoms with Gasteiger partial charge in [-0.15, -0.1) is 0 Å². The Balaban J connectivity index is 2.45. The number of rotatable bonds is 1. The van der Waals surface area contributed by atoms with E-state index in [4.69, 9.17) is 10.5 Å². The van der Waals surface area contributed by atoms with Crippen molar-refractivity contribution in [2.45, 2.75) is 12.5 Å². The van der Waals surface area contributed by atoms with Crippen molar-refractivity contribution in [2.75, 3.05) is 13.2 Å².